The summed E-state index contributed by atoms with van der Waals surface area (Å²) in [5.74, 6) is -6.29. The number of hydrogen-bond donors (Lipinski definition) is 3. The third-order valence-electron chi connectivity index (χ3n) is 14.7. The van der Waals surface area contributed by atoms with Crippen molar-refractivity contribution in [2.24, 2.45) is 23.8 Å². The Morgan fingerprint density at radius 2 is 1.42 bits per heavy atom. The number of Topliss-reactive ketones (excluding diaryl/α,β-unsaturated/α-hetero) is 1. The molecule has 3 N–H and O–H groups in total. The molecular weight excluding hydrogens is 889 g/mol. The molecule has 16 heteroatoms. The second-order valence-electron chi connectivity index (χ2n) is 19.1. The molecule has 11 atom stereocenters. The number of ketones is 1. The number of nitrogens with one attached hydrogen (secondary N) is 1. The fraction of sp³-hybridized carbons (Fsp3) is 0.415. The summed E-state index contributed by atoms with van der Waals surface area (Å²) in [5.41, 5.74) is -6.80. The maximum Gasteiger partial charge on any atom is 0.368 e. The van der Waals surface area contributed by atoms with Crippen LogP contribution < -0.4 is 14.6 Å². The average molecular weight is 946 g/mol. The Bertz CT molecular complexity index is 2680. The summed E-state index contributed by atoms with van der Waals surface area (Å²) < 4.78 is 39.3. The van der Waals surface area contributed by atoms with Crippen LogP contribution in [0.1, 0.15) is 86.7 Å². The lowest BCUT2D eigenvalue weighted by molar-refractivity contribution is -0.677. The van der Waals surface area contributed by atoms with Gasteiger partial charge in [-0.25, -0.2) is 9.59 Å². The van der Waals surface area contributed by atoms with E-state index in [0.717, 1.165) is 6.92 Å². The van der Waals surface area contributed by atoms with Gasteiger partial charge in [-0.3, -0.25) is 19.2 Å². The fourth-order valence-electron chi connectivity index (χ4n) is 11.0. The predicted molar refractivity (Wildman–Crippen MR) is 244 cm³/mol. The van der Waals surface area contributed by atoms with Crippen molar-refractivity contribution in [1.29, 1.82) is 0 Å². The zero-order valence-electron chi connectivity index (χ0n) is 39.5. The first-order valence-corrected chi connectivity index (χ1v) is 22.9. The van der Waals surface area contributed by atoms with Gasteiger partial charge in [-0.2, -0.15) is 4.57 Å². The molecule has 2 saturated carbocycles. The highest BCUT2D eigenvalue weighted by Crippen LogP contribution is 2.64. The Balaban J connectivity index is 1.32. The maximum absolute atomic E-state index is 15.7. The molecule has 362 valence electrons. The molecule has 1 saturated heterocycles. The van der Waals surface area contributed by atoms with Crippen molar-refractivity contribution in [2.75, 3.05) is 6.61 Å². The molecule has 3 fully saturated rings. The first kappa shape index (κ1) is 48.7. The number of carbonyl (C=O) groups excluding carboxylic acids is 6. The van der Waals surface area contributed by atoms with Crippen LogP contribution in [0.5, 0.6) is 5.88 Å². The van der Waals surface area contributed by atoms with Gasteiger partial charge in [0, 0.05) is 43.7 Å². The first-order valence-electron chi connectivity index (χ1n) is 22.9. The van der Waals surface area contributed by atoms with Crippen LogP contribution in [-0.4, -0.2) is 100 Å². The quantitative estimate of drug-likeness (QED) is 0.0764. The molecule has 3 aromatic carbocycles. The van der Waals surface area contributed by atoms with Crippen molar-refractivity contribution in [3.8, 4) is 5.88 Å². The van der Waals surface area contributed by atoms with Gasteiger partial charge in [-0.05, 0) is 60.9 Å². The molecule has 8 rings (SSSR count). The zero-order valence-corrected chi connectivity index (χ0v) is 39.5. The van der Waals surface area contributed by atoms with E-state index >= 15 is 9.59 Å². The SMILES string of the molecule is CC(=O)O[C@H]1C(=O)[C@@]2(C)C(C(OC(=O)c3ccccc3)[C@]3(O)C[C@H](OC(=O)[C@H](Oc4cccc[n+]4C)[C@@H](NC(=O)c4ccccc4)c4ccccc4)C(C)=C1C3(C)C)[C@]1(OC(C)=O)CO[C@@H]1C[C@@H]2O. The van der Waals surface area contributed by atoms with Crippen LogP contribution in [0.25, 0.3) is 0 Å². The molecule has 4 aliphatic rings. The van der Waals surface area contributed by atoms with Crippen molar-refractivity contribution >= 4 is 35.6 Å². The van der Waals surface area contributed by atoms with Gasteiger partial charge < -0.3 is 44.0 Å². The number of fused-ring (bicyclic) bond motifs is 5. The number of rotatable bonds is 12. The molecule has 2 unspecified atom stereocenters. The smallest absolute Gasteiger partial charge is 0.368 e. The Morgan fingerprint density at radius 3 is 2.00 bits per heavy atom. The topological polar surface area (TPSA) is 214 Å². The van der Waals surface area contributed by atoms with Crippen LogP contribution >= 0.6 is 0 Å². The number of benzene rings is 3. The van der Waals surface area contributed by atoms with Gasteiger partial charge in [0.1, 0.15) is 37.0 Å². The summed E-state index contributed by atoms with van der Waals surface area (Å²) in [4.78, 5) is 85.9. The minimum absolute atomic E-state index is 0.0271. The molecule has 2 bridgehead atoms. The Morgan fingerprint density at radius 1 is 0.812 bits per heavy atom. The van der Waals surface area contributed by atoms with Crippen LogP contribution in [0.3, 0.4) is 0 Å². The number of ether oxygens (including phenoxy) is 6. The summed E-state index contributed by atoms with van der Waals surface area (Å²) in [6.07, 6.45) is -8.35. The molecular formula is C53H57N2O14+. The maximum atomic E-state index is 15.7. The molecule has 4 aromatic rings. The number of aliphatic hydroxyl groups excluding tert-OH is 1. The lowest BCUT2D eigenvalue weighted by Gasteiger charge is -2.67. The van der Waals surface area contributed by atoms with E-state index < -0.39 is 113 Å². The normalized spacial score (nSPS) is 29.7. The molecule has 2 heterocycles. The summed E-state index contributed by atoms with van der Waals surface area (Å²) in [6.45, 7) is 8.17. The second kappa shape index (κ2) is 18.6. The number of esters is 4. The predicted octanol–water partition coefficient (Wildman–Crippen LogP) is 4.65. The van der Waals surface area contributed by atoms with E-state index in [9.17, 15) is 29.4 Å². The number of aryl methyl sites for hydroxylation is 1. The molecule has 3 aliphatic carbocycles. The standard InChI is InChI=1S/C53H56N2O14/c1-30-36(66-49(62)43(67-39-25-17-18-26-55(39)7)41(33-19-11-8-12-20-33)54-47(60)34-21-13-9-14-22-34)28-53(63)46(68-48(61)35-23-15-10-16-24-35)44-51(6,37(58)27-38-52(44,29-64-38)69-32(3)57)45(59)42(65-31(2)56)40(30)50(53,4)5/h8-26,36-38,41-44,46,58,63H,27-29H2,1-7H3/p+1/t36-,37-,38+,41-,42+,43+,44?,46?,51+,52-,53+/m0/s1. The van der Waals surface area contributed by atoms with Crippen LogP contribution in [0, 0.1) is 16.7 Å². The van der Waals surface area contributed by atoms with E-state index in [0.29, 0.717) is 11.1 Å². The Labute approximate surface area is 399 Å². The van der Waals surface area contributed by atoms with E-state index in [1.165, 1.54) is 26.0 Å². The molecule has 0 radical (unpaired) electrons. The zero-order chi connectivity index (χ0) is 49.6. The molecule has 1 amide bonds. The van der Waals surface area contributed by atoms with Crippen LogP contribution in [0.4, 0.5) is 0 Å². The minimum Gasteiger partial charge on any atom is -0.455 e. The van der Waals surface area contributed by atoms with Crippen molar-refractivity contribution < 1.29 is 72.0 Å². The van der Waals surface area contributed by atoms with Gasteiger partial charge in [0.05, 0.1) is 35.7 Å². The third-order valence-corrected chi connectivity index (χ3v) is 14.7. The van der Waals surface area contributed by atoms with Gasteiger partial charge in [0.15, 0.2) is 23.7 Å². The highest BCUT2D eigenvalue weighted by molar-refractivity contribution is 5.96. The lowest BCUT2D eigenvalue weighted by atomic mass is 9.44. The number of nitrogens with zero attached hydrogens (tertiary/aromatic N) is 1. The molecule has 16 nitrogen and oxygen atoms in total. The Kier molecular flexibility index (Phi) is 13.1. The van der Waals surface area contributed by atoms with Crippen LogP contribution in [-0.2, 0) is 49.9 Å². The average Bonchev–Trinajstić information content (AvgIpc) is 3.32. The fourth-order valence-corrected chi connectivity index (χ4v) is 11.0. The minimum atomic E-state index is -2.39. The van der Waals surface area contributed by atoms with Crippen LogP contribution in [0.2, 0.25) is 0 Å². The summed E-state index contributed by atoms with van der Waals surface area (Å²) in [7, 11) is 1.71. The van der Waals surface area contributed by atoms with Gasteiger partial charge >= 0.3 is 29.8 Å². The van der Waals surface area contributed by atoms with Crippen molar-refractivity contribution in [3.63, 3.8) is 0 Å². The number of carbonyl (C=O) groups is 6. The van der Waals surface area contributed by atoms with E-state index in [2.05, 4.69) is 5.32 Å². The summed E-state index contributed by atoms with van der Waals surface area (Å²) in [6, 6.07) is 28.9. The van der Waals surface area contributed by atoms with E-state index in [-0.39, 0.29) is 35.6 Å². The summed E-state index contributed by atoms with van der Waals surface area (Å²) in [5, 5.41) is 29.2. The first-order chi connectivity index (χ1) is 32.7. The summed E-state index contributed by atoms with van der Waals surface area (Å²) >= 11 is 0. The highest BCUT2D eigenvalue weighted by Gasteiger charge is 2.78. The lowest BCUT2D eigenvalue weighted by Crippen LogP contribution is -2.82. The molecule has 1 aromatic heterocycles. The number of amides is 1. The van der Waals surface area contributed by atoms with Gasteiger partial charge in [0.25, 0.3) is 5.91 Å². The van der Waals surface area contributed by atoms with Crippen molar-refractivity contribution in [3.05, 3.63) is 143 Å². The molecule has 1 aliphatic heterocycles. The number of aliphatic hydroxyl groups is 2. The Hall–Kier alpha value is -6.75. The number of hydrogen-bond acceptors (Lipinski definition) is 14. The van der Waals surface area contributed by atoms with E-state index in [1.807, 2.05) is 0 Å². The number of pyridine rings is 1. The van der Waals surface area contributed by atoms with Gasteiger partial charge in [0.2, 0.25) is 6.10 Å². The highest BCUT2D eigenvalue weighted by atomic mass is 16.6. The van der Waals surface area contributed by atoms with Crippen molar-refractivity contribution in [1.82, 2.24) is 5.32 Å². The monoisotopic (exact) mass is 945 g/mol. The van der Waals surface area contributed by atoms with Crippen LogP contribution in [0.15, 0.2) is 127 Å². The third kappa shape index (κ3) is 8.48. The van der Waals surface area contributed by atoms with E-state index in [4.69, 9.17) is 28.4 Å². The van der Waals surface area contributed by atoms with E-state index in [1.54, 1.807) is 136 Å². The molecule has 0 spiro atoms. The largest absolute Gasteiger partial charge is 0.455 e. The van der Waals surface area contributed by atoms with Gasteiger partial charge in [-0.15, -0.1) is 0 Å². The van der Waals surface area contributed by atoms with Crippen molar-refractivity contribution in [2.45, 2.75) is 108 Å². The second-order valence-corrected chi connectivity index (χ2v) is 19.1. The molecule has 69 heavy (non-hydrogen) atoms. The number of aromatic nitrogens is 1. The van der Waals surface area contributed by atoms with Gasteiger partial charge in [-0.1, -0.05) is 80.6 Å².